The van der Waals surface area contributed by atoms with Crippen molar-refractivity contribution in [1.29, 1.82) is 0 Å². The molecule has 1 aromatic heterocycles. The molecule has 0 bridgehead atoms. The molecular weight excluding hydrogens is 506 g/mol. The number of halogens is 1. The molecule has 2 heterocycles. The number of hydrogen-bond donors (Lipinski definition) is 1. The standard InChI is InChI=1S/C29H24ClN3O3S/c1-18-12-13-21(14-24(18)30)31-27(34)17-33-28(35)26(37-29(33)36)15-23-19(2)32(16-20-8-4-3-5-9-20)25-11-7-6-10-22(23)25/h3-15H,16-17H2,1-2H3,(H,31,34)/b26-15-. The quantitative estimate of drug-likeness (QED) is 0.284. The molecule has 37 heavy (non-hydrogen) atoms. The lowest BCUT2D eigenvalue weighted by molar-refractivity contribution is -0.127. The van der Waals surface area contributed by atoms with Gasteiger partial charge in [-0.1, -0.05) is 66.2 Å². The fourth-order valence-electron chi connectivity index (χ4n) is 4.39. The van der Waals surface area contributed by atoms with Crippen LogP contribution in [-0.4, -0.2) is 33.1 Å². The Bertz CT molecular complexity index is 1580. The second kappa shape index (κ2) is 10.3. The Balaban J connectivity index is 1.40. The van der Waals surface area contributed by atoms with Gasteiger partial charge in [0.2, 0.25) is 5.91 Å². The van der Waals surface area contributed by atoms with Crippen molar-refractivity contribution in [2.24, 2.45) is 0 Å². The van der Waals surface area contributed by atoms with E-state index in [-0.39, 0.29) is 6.54 Å². The fourth-order valence-corrected chi connectivity index (χ4v) is 5.39. The second-order valence-electron chi connectivity index (χ2n) is 8.87. The number of carbonyl (C=O) groups excluding carboxylic acids is 3. The Kier molecular flexibility index (Phi) is 6.91. The molecule has 6 nitrogen and oxygen atoms in total. The van der Waals surface area contributed by atoms with Crippen LogP contribution in [0.5, 0.6) is 0 Å². The summed E-state index contributed by atoms with van der Waals surface area (Å²) in [5.41, 5.74) is 5.48. The van der Waals surface area contributed by atoms with Crippen molar-refractivity contribution >= 4 is 63.1 Å². The zero-order chi connectivity index (χ0) is 26.1. The van der Waals surface area contributed by atoms with E-state index in [9.17, 15) is 14.4 Å². The SMILES string of the molecule is Cc1ccc(NC(=O)CN2C(=O)S/C(=C\c3c(C)n(Cc4ccccc4)c4ccccc34)C2=O)cc1Cl. The van der Waals surface area contributed by atoms with E-state index in [4.69, 9.17) is 11.6 Å². The number of nitrogens with one attached hydrogen (secondary N) is 1. The number of aryl methyl sites for hydroxylation is 1. The third-order valence-electron chi connectivity index (χ3n) is 6.37. The van der Waals surface area contributed by atoms with Gasteiger partial charge in [0.05, 0.1) is 4.91 Å². The first-order valence-electron chi connectivity index (χ1n) is 11.7. The Labute approximate surface area is 223 Å². The van der Waals surface area contributed by atoms with Crippen LogP contribution in [0.25, 0.3) is 17.0 Å². The van der Waals surface area contributed by atoms with Crippen molar-refractivity contribution < 1.29 is 14.4 Å². The van der Waals surface area contributed by atoms with Gasteiger partial charge < -0.3 is 9.88 Å². The highest BCUT2D eigenvalue weighted by atomic mass is 35.5. The van der Waals surface area contributed by atoms with Crippen LogP contribution in [0, 0.1) is 13.8 Å². The van der Waals surface area contributed by atoms with Crippen LogP contribution in [-0.2, 0) is 16.1 Å². The minimum atomic E-state index is -0.480. The summed E-state index contributed by atoms with van der Waals surface area (Å²) in [5, 5.41) is 3.75. The van der Waals surface area contributed by atoms with Crippen LogP contribution in [0.3, 0.4) is 0 Å². The molecule has 0 radical (unpaired) electrons. The van der Waals surface area contributed by atoms with Gasteiger partial charge in [0.1, 0.15) is 6.54 Å². The molecule has 0 unspecified atom stereocenters. The molecule has 5 rings (SSSR count). The molecule has 0 atom stereocenters. The predicted octanol–water partition coefficient (Wildman–Crippen LogP) is 6.63. The van der Waals surface area contributed by atoms with Crippen LogP contribution >= 0.6 is 23.4 Å². The van der Waals surface area contributed by atoms with E-state index < -0.39 is 17.1 Å². The van der Waals surface area contributed by atoms with Crippen molar-refractivity contribution in [3.05, 3.63) is 105 Å². The minimum Gasteiger partial charge on any atom is -0.340 e. The normalized spacial score (nSPS) is 14.7. The van der Waals surface area contributed by atoms with Gasteiger partial charge in [0.15, 0.2) is 0 Å². The Morgan fingerprint density at radius 3 is 2.49 bits per heavy atom. The molecule has 3 amide bonds. The number of para-hydroxylation sites is 1. The van der Waals surface area contributed by atoms with Crippen molar-refractivity contribution in [3.8, 4) is 0 Å². The Morgan fingerprint density at radius 2 is 1.73 bits per heavy atom. The van der Waals surface area contributed by atoms with Crippen LogP contribution in [0.1, 0.15) is 22.4 Å². The summed E-state index contributed by atoms with van der Waals surface area (Å²) in [7, 11) is 0. The highest BCUT2D eigenvalue weighted by molar-refractivity contribution is 8.18. The molecule has 0 spiro atoms. The Morgan fingerprint density at radius 1 is 1.00 bits per heavy atom. The summed E-state index contributed by atoms with van der Waals surface area (Å²) >= 11 is 6.98. The first kappa shape index (κ1) is 24.9. The zero-order valence-electron chi connectivity index (χ0n) is 20.3. The number of amides is 3. The molecule has 1 fully saturated rings. The second-order valence-corrected chi connectivity index (χ2v) is 10.3. The number of imide groups is 1. The third-order valence-corrected chi connectivity index (χ3v) is 7.68. The maximum atomic E-state index is 13.2. The summed E-state index contributed by atoms with van der Waals surface area (Å²) in [6, 6.07) is 23.3. The number of carbonyl (C=O) groups is 3. The van der Waals surface area contributed by atoms with Crippen molar-refractivity contribution in [2.45, 2.75) is 20.4 Å². The average molecular weight is 530 g/mol. The lowest BCUT2D eigenvalue weighted by Crippen LogP contribution is -2.36. The van der Waals surface area contributed by atoms with Gasteiger partial charge in [-0.3, -0.25) is 19.3 Å². The van der Waals surface area contributed by atoms with Gasteiger partial charge in [-0.2, -0.15) is 0 Å². The lowest BCUT2D eigenvalue weighted by Gasteiger charge is -2.13. The number of aromatic nitrogens is 1. The van der Waals surface area contributed by atoms with E-state index >= 15 is 0 Å². The van der Waals surface area contributed by atoms with Gasteiger partial charge in [-0.15, -0.1) is 0 Å². The first-order chi connectivity index (χ1) is 17.8. The van der Waals surface area contributed by atoms with E-state index in [1.54, 1.807) is 24.3 Å². The van der Waals surface area contributed by atoms with Gasteiger partial charge in [0, 0.05) is 39.4 Å². The summed E-state index contributed by atoms with van der Waals surface area (Å²) in [4.78, 5) is 39.7. The van der Waals surface area contributed by atoms with Crippen molar-refractivity contribution in [1.82, 2.24) is 9.47 Å². The number of thioether (sulfide) groups is 1. The van der Waals surface area contributed by atoms with Gasteiger partial charge in [-0.05, 0) is 61.0 Å². The molecule has 0 saturated carbocycles. The molecule has 1 saturated heterocycles. The maximum absolute atomic E-state index is 13.2. The lowest BCUT2D eigenvalue weighted by atomic mass is 10.1. The number of benzene rings is 3. The predicted molar refractivity (Wildman–Crippen MR) is 150 cm³/mol. The molecular formula is C29H24ClN3O3S. The zero-order valence-corrected chi connectivity index (χ0v) is 21.9. The largest absolute Gasteiger partial charge is 0.340 e. The highest BCUT2D eigenvalue weighted by Gasteiger charge is 2.36. The summed E-state index contributed by atoms with van der Waals surface area (Å²) in [6.07, 6.45) is 1.77. The van der Waals surface area contributed by atoms with Crippen molar-refractivity contribution in [3.63, 3.8) is 0 Å². The number of nitrogens with zero attached hydrogens (tertiary/aromatic N) is 2. The van der Waals surface area contributed by atoms with E-state index in [0.717, 1.165) is 44.4 Å². The molecule has 186 valence electrons. The highest BCUT2D eigenvalue weighted by Crippen LogP contribution is 2.36. The molecule has 1 aliphatic heterocycles. The smallest absolute Gasteiger partial charge is 0.294 e. The first-order valence-corrected chi connectivity index (χ1v) is 12.9. The van der Waals surface area contributed by atoms with E-state index in [1.807, 2.05) is 50.2 Å². The van der Waals surface area contributed by atoms with Crippen LogP contribution in [0.2, 0.25) is 5.02 Å². The molecule has 0 aliphatic carbocycles. The third kappa shape index (κ3) is 5.05. The van der Waals surface area contributed by atoms with Gasteiger partial charge >= 0.3 is 0 Å². The van der Waals surface area contributed by atoms with Gasteiger partial charge in [0.25, 0.3) is 11.1 Å². The number of hydrogen-bond acceptors (Lipinski definition) is 4. The topological polar surface area (TPSA) is 71.4 Å². The molecule has 8 heteroatoms. The number of anilines is 1. The van der Waals surface area contributed by atoms with Crippen molar-refractivity contribution in [2.75, 3.05) is 11.9 Å². The van der Waals surface area contributed by atoms with Crippen LogP contribution < -0.4 is 5.32 Å². The van der Waals surface area contributed by atoms with E-state index in [1.165, 1.54) is 5.56 Å². The number of fused-ring (bicyclic) bond motifs is 1. The monoisotopic (exact) mass is 529 g/mol. The fraction of sp³-hybridized carbons (Fsp3) is 0.138. The summed E-state index contributed by atoms with van der Waals surface area (Å²) in [6.45, 7) is 4.19. The molecule has 1 N–H and O–H groups in total. The van der Waals surface area contributed by atoms with Gasteiger partial charge in [-0.25, -0.2) is 0 Å². The minimum absolute atomic E-state index is 0.293. The average Bonchev–Trinajstić information content (AvgIpc) is 3.30. The molecule has 4 aromatic rings. The van der Waals surface area contributed by atoms with Crippen LogP contribution in [0.4, 0.5) is 10.5 Å². The van der Waals surface area contributed by atoms with Crippen LogP contribution in [0.15, 0.2) is 77.7 Å². The molecule has 3 aromatic carbocycles. The molecule has 1 aliphatic rings. The van der Waals surface area contributed by atoms with E-state index in [0.29, 0.717) is 22.2 Å². The summed E-state index contributed by atoms with van der Waals surface area (Å²) in [5.74, 6) is -0.953. The Hall–Kier alpha value is -3.81. The number of rotatable bonds is 6. The van der Waals surface area contributed by atoms with E-state index in [2.05, 4.69) is 28.1 Å². The maximum Gasteiger partial charge on any atom is 0.294 e. The summed E-state index contributed by atoms with van der Waals surface area (Å²) < 4.78 is 2.21.